The van der Waals surface area contributed by atoms with E-state index in [1.807, 2.05) is 6.26 Å². The topological polar surface area (TPSA) is 63.3 Å². The van der Waals surface area contributed by atoms with Crippen molar-refractivity contribution in [3.63, 3.8) is 0 Å². The van der Waals surface area contributed by atoms with Crippen molar-refractivity contribution >= 4 is 17.7 Å². The Morgan fingerprint density at radius 3 is 2.78 bits per heavy atom. The van der Waals surface area contributed by atoms with E-state index in [1.54, 1.807) is 11.8 Å². The van der Waals surface area contributed by atoms with E-state index in [1.165, 1.54) is 0 Å². The van der Waals surface area contributed by atoms with Crippen LogP contribution in [-0.4, -0.2) is 29.1 Å². The molecule has 4 heteroatoms. The van der Waals surface area contributed by atoms with Crippen LogP contribution in [0.1, 0.15) is 6.42 Å². The Labute approximate surface area is 58.6 Å². The molecule has 0 aromatic heterocycles. The summed E-state index contributed by atoms with van der Waals surface area (Å²) in [6.45, 7) is 0. The van der Waals surface area contributed by atoms with Gasteiger partial charge in [0.25, 0.3) is 0 Å². The molecule has 0 aromatic rings. The van der Waals surface area contributed by atoms with Crippen molar-refractivity contribution in [3.8, 4) is 0 Å². The van der Waals surface area contributed by atoms with E-state index < -0.39 is 12.0 Å². The van der Waals surface area contributed by atoms with Crippen LogP contribution in [0.25, 0.3) is 0 Å². The average molecular weight is 156 g/mol. The fourth-order valence-electron chi connectivity index (χ4n) is 0.368. The van der Waals surface area contributed by atoms with Crippen molar-refractivity contribution in [3.05, 3.63) is 0 Å². The molecule has 3 N–H and O–H groups in total. The lowest BCUT2D eigenvalue weighted by Gasteiger charge is -2.02. The third-order valence-electron chi connectivity index (χ3n) is 0.950. The first-order chi connectivity index (χ1) is 4.18. The highest BCUT2D eigenvalue weighted by molar-refractivity contribution is 7.98. The molecule has 0 radical (unpaired) electrons. The summed E-state index contributed by atoms with van der Waals surface area (Å²) in [6.07, 6.45) is 2.48. The van der Waals surface area contributed by atoms with Crippen LogP contribution < -0.4 is 5.73 Å². The second-order valence-corrected chi connectivity index (χ2v) is 2.71. The van der Waals surface area contributed by atoms with Crippen molar-refractivity contribution in [1.29, 1.82) is 0 Å². The molecule has 0 rings (SSSR count). The van der Waals surface area contributed by atoms with Gasteiger partial charge in [-0.15, -0.1) is 0 Å². The van der Waals surface area contributed by atoms with Gasteiger partial charge in [0, 0.05) is 0 Å². The van der Waals surface area contributed by atoms with E-state index in [9.17, 15) is 4.79 Å². The summed E-state index contributed by atoms with van der Waals surface area (Å²) in [5, 5.41) is 8.27. The summed E-state index contributed by atoms with van der Waals surface area (Å²) in [6, 6.07) is -0.683. The van der Waals surface area contributed by atoms with E-state index in [0.717, 1.165) is 5.75 Å². The highest BCUT2D eigenvalue weighted by atomic mass is 39.0. The molecule has 0 unspecified atom stereocenters. The van der Waals surface area contributed by atoms with Gasteiger partial charge in [0.1, 0.15) is 6.04 Å². The number of carboxylic acid groups (broad SMARTS) is 1. The third-order valence-corrected chi connectivity index (χ3v) is 1.59. The molecular weight excluding hydrogens is 145 g/mol. The molecule has 54 valence electrons. The van der Waals surface area contributed by atoms with Crippen LogP contribution in [0.3, 0.4) is 0 Å². The molecule has 0 saturated carbocycles. The number of aliphatic carboxylic acids is 1. The molecule has 0 aromatic carbocycles. The minimum absolute atomic E-state index is 0.552. The maximum absolute atomic E-state index is 10.1. The van der Waals surface area contributed by atoms with Gasteiger partial charge in [-0.1, -0.05) is 0 Å². The minimum Gasteiger partial charge on any atom is -0.480 e. The first-order valence-corrected chi connectivity index (χ1v) is 4.05. The molecule has 0 spiro atoms. The van der Waals surface area contributed by atoms with Gasteiger partial charge in [-0.05, 0) is 18.4 Å². The van der Waals surface area contributed by atoms with Crippen molar-refractivity contribution < 1.29 is 9.90 Å². The second-order valence-electron chi connectivity index (χ2n) is 1.73. The molecule has 0 bridgehead atoms. The zero-order valence-corrected chi connectivity index (χ0v) is 6.15. The third kappa shape index (κ3) is 4.29. The first-order valence-electron chi connectivity index (χ1n) is 2.65. The second kappa shape index (κ2) is 4.64. The Balaban J connectivity index is 3.27. The number of hydrogen-bond acceptors (Lipinski definition) is 3. The van der Waals surface area contributed by atoms with Gasteiger partial charge in [-0.25, -0.2) is 0 Å². The van der Waals surface area contributed by atoms with Crippen molar-refractivity contribution in [2.75, 3.05) is 12.0 Å². The molecule has 0 amide bonds. The number of thioether (sulfide) groups is 1. The molecule has 1 atom stereocenters. The van der Waals surface area contributed by atoms with E-state index in [-0.39, 0.29) is 0 Å². The number of rotatable bonds is 4. The van der Waals surface area contributed by atoms with Gasteiger partial charge in [0.05, 0.1) is 0 Å². The number of carbonyl (C=O) groups is 1. The molecule has 0 aliphatic carbocycles. The fourth-order valence-corrected chi connectivity index (χ4v) is 0.858. The van der Waals surface area contributed by atoms with Crippen LogP contribution in [0, 0.1) is 0 Å². The lowest BCUT2D eigenvalue weighted by Crippen LogP contribution is -2.30. The zero-order valence-electron chi connectivity index (χ0n) is 5.33. The van der Waals surface area contributed by atoms with Crippen LogP contribution in [0.4, 0.5) is 0 Å². The van der Waals surface area contributed by atoms with Gasteiger partial charge < -0.3 is 10.8 Å². The summed E-state index contributed by atoms with van der Waals surface area (Å²) in [5.74, 6) is -0.1000. The molecule has 0 saturated heterocycles. The van der Waals surface area contributed by atoms with Crippen molar-refractivity contribution in [2.45, 2.75) is 12.5 Å². The maximum Gasteiger partial charge on any atom is 0.320 e. The summed E-state index contributed by atoms with van der Waals surface area (Å²) >= 11 is 1.60. The number of carboxylic acids is 1. The molecule has 3 nitrogen and oxygen atoms in total. The fraction of sp³-hybridized carbons (Fsp3) is 0.800. The molecule has 0 aliphatic rings. The monoisotopic (exact) mass is 156 g/mol. The van der Waals surface area contributed by atoms with Crippen LogP contribution in [-0.2, 0) is 4.79 Å². The van der Waals surface area contributed by atoms with Gasteiger partial charge in [0.2, 0.25) is 0 Å². The SMILES string of the molecule is C[39S]CC[C@H](N)C(=O)O. The lowest BCUT2D eigenvalue weighted by atomic mass is 10.2. The van der Waals surface area contributed by atoms with Gasteiger partial charge in [-0.2, -0.15) is 11.8 Å². The van der Waals surface area contributed by atoms with Crippen molar-refractivity contribution in [1.82, 2.24) is 0 Å². The Bertz CT molecular complexity index is 97.0. The predicted octanol–water partition coefficient (Wildman–Crippen LogP) is 0.151. The van der Waals surface area contributed by atoms with Crippen LogP contribution >= 0.6 is 11.8 Å². The largest absolute Gasteiger partial charge is 0.480 e. The summed E-state index contributed by atoms with van der Waals surface area (Å²) in [5.41, 5.74) is 5.19. The molecular formula is C5H11NO2S. The highest BCUT2D eigenvalue weighted by Gasteiger charge is 2.08. The van der Waals surface area contributed by atoms with Gasteiger partial charge in [0.15, 0.2) is 0 Å². The first kappa shape index (κ1) is 8.78. The van der Waals surface area contributed by atoms with E-state index in [4.69, 9.17) is 10.8 Å². The Morgan fingerprint density at radius 1 is 1.89 bits per heavy atom. The zero-order chi connectivity index (χ0) is 7.28. The Kier molecular flexibility index (Phi) is 4.53. The smallest absolute Gasteiger partial charge is 0.320 e. The Hall–Kier alpha value is -0.220. The summed E-state index contributed by atoms with van der Waals surface area (Å²) < 4.78 is 0. The molecule has 0 fully saturated rings. The van der Waals surface area contributed by atoms with Crippen molar-refractivity contribution in [2.24, 2.45) is 5.73 Å². The molecule has 0 heterocycles. The number of nitrogens with two attached hydrogens (primary N) is 1. The van der Waals surface area contributed by atoms with Crippen LogP contribution in [0.15, 0.2) is 0 Å². The lowest BCUT2D eigenvalue weighted by molar-refractivity contribution is -0.138. The average Bonchev–Trinajstić information content (AvgIpc) is 1.82. The van der Waals surface area contributed by atoms with E-state index in [0.29, 0.717) is 6.42 Å². The Morgan fingerprint density at radius 2 is 2.44 bits per heavy atom. The van der Waals surface area contributed by atoms with Crippen LogP contribution in [0.5, 0.6) is 0 Å². The van der Waals surface area contributed by atoms with Crippen LogP contribution in [0.2, 0.25) is 0 Å². The van der Waals surface area contributed by atoms with E-state index in [2.05, 4.69) is 0 Å². The quantitative estimate of drug-likeness (QED) is 0.608. The highest BCUT2D eigenvalue weighted by Crippen LogP contribution is 1.97. The predicted molar refractivity (Wildman–Crippen MR) is 38.6 cm³/mol. The van der Waals surface area contributed by atoms with Gasteiger partial charge in [-0.3, -0.25) is 4.79 Å². The minimum atomic E-state index is -0.913. The summed E-state index contributed by atoms with van der Waals surface area (Å²) in [7, 11) is 0. The maximum atomic E-state index is 10.1. The van der Waals surface area contributed by atoms with E-state index >= 15 is 0 Å². The molecule has 9 heavy (non-hydrogen) atoms. The molecule has 0 aliphatic heterocycles. The standard InChI is InChI=1S/C5H11NO2S/c1-9-3-2-4(6)5(7)8/h4H,2-3,6H2,1H3,(H,7,8)/t4-/m0/s1/i9+7. The summed E-state index contributed by atoms with van der Waals surface area (Å²) in [4.78, 5) is 10.1. The number of hydrogen-bond donors (Lipinski definition) is 2. The van der Waals surface area contributed by atoms with Gasteiger partial charge >= 0.3 is 5.97 Å². The normalized spacial score (nSPS) is 13.1.